The van der Waals surface area contributed by atoms with Crippen molar-refractivity contribution in [3.63, 3.8) is 0 Å². The number of aromatic carboxylic acids is 1. The molecule has 0 saturated carbocycles. The molecule has 1 atom stereocenters. The second-order valence-corrected chi connectivity index (χ2v) is 5.74. The SMILES string of the molecule is Cc1ccc(S(=O)(=O)NCC(O)CO)cc1C(=O)O. The lowest BCUT2D eigenvalue weighted by Gasteiger charge is -2.11. The molecule has 0 spiro atoms. The smallest absolute Gasteiger partial charge is 0.335 e. The molecule has 0 saturated heterocycles. The Kier molecular flexibility index (Phi) is 5.01. The largest absolute Gasteiger partial charge is 0.478 e. The molecule has 19 heavy (non-hydrogen) atoms. The molecular weight excluding hydrogens is 274 g/mol. The van der Waals surface area contributed by atoms with Crippen LogP contribution in [0.4, 0.5) is 0 Å². The average molecular weight is 289 g/mol. The Labute approximate surface area is 110 Å². The molecule has 0 aromatic heterocycles. The minimum atomic E-state index is -3.92. The summed E-state index contributed by atoms with van der Waals surface area (Å²) in [6.45, 7) is 0.634. The predicted octanol–water partition coefficient (Wildman–Crippen LogP) is -0.675. The van der Waals surface area contributed by atoms with Gasteiger partial charge in [-0.05, 0) is 24.6 Å². The van der Waals surface area contributed by atoms with Gasteiger partial charge < -0.3 is 15.3 Å². The molecular formula is C11H15NO6S. The maximum absolute atomic E-state index is 11.8. The van der Waals surface area contributed by atoms with Gasteiger partial charge in [-0.2, -0.15) is 0 Å². The lowest BCUT2D eigenvalue weighted by atomic mass is 10.1. The quantitative estimate of drug-likeness (QED) is 0.550. The third-order valence-electron chi connectivity index (χ3n) is 2.47. The molecule has 1 aromatic rings. The van der Waals surface area contributed by atoms with Crippen LogP contribution in [0.25, 0.3) is 0 Å². The van der Waals surface area contributed by atoms with Crippen molar-refractivity contribution in [3.8, 4) is 0 Å². The number of aliphatic hydroxyl groups excluding tert-OH is 2. The van der Waals surface area contributed by atoms with Crippen LogP contribution in [0.5, 0.6) is 0 Å². The molecule has 0 amide bonds. The van der Waals surface area contributed by atoms with E-state index in [1.807, 2.05) is 0 Å². The summed E-state index contributed by atoms with van der Waals surface area (Å²) < 4.78 is 25.8. The van der Waals surface area contributed by atoms with E-state index in [0.29, 0.717) is 5.56 Å². The third kappa shape index (κ3) is 4.00. The first-order chi connectivity index (χ1) is 8.77. The Balaban J connectivity index is 3.02. The lowest BCUT2D eigenvalue weighted by molar-refractivity contribution is 0.0696. The second kappa shape index (κ2) is 6.11. The Bertz CT molecular complexity index is 569. The first kappa shape index (κ1) is 15.6. The predicted molar refractivity (Wildman–Crippen MR) is 66.4 cm³/mol. The highest BCUT2D eigenvalue weighted by Gasteiger charge is 2.18. The van der Waals surface area contributed by atoms with Crippen LogP contribution in [-0.4, -0.2) is 49.0 Å². The molecule has 4 N–H and O–H groups in total. The lowest BCUT2D eigenvalue weighted by Crippen LogP contribution is -2.34. The van der Waals surface area contributed by atoms with Crippen LogP contribution in [0.15, 0.2) is 23.1 Å². The molecule has 1 unspecified atom stereocenters. The van der Waals surface area contributed by atoms with E-state index >= 15 is 0 Å². The maximum atomic E-state index is 11.8. The van der Waals surface area contributed by atoms with Crippen molar-refractivity contribution in [1.29, 1.82) is 0 Å². The topological polar surface area (TPSA) is 124 Å². The number of hydrogen-bond donors (Lipinski definition) is 4. The van der Waals surface area contributed by atoms with E-state index in [9.17, 15) is 13.2 Å². The van der Waals surface area contributed by atoms with Crippen LogP contribution >= 0.6 is 0 Å². The Morgan fingerprint density at radius 2 is 2.05 bits per heavy atom. The van der Waals surface area contributed by atoms with Crippen molar-refractivity contribution in [2.24, 2.45) is 0 Å². The molecule has 1 aromatic carbocycles. The van der Waals surface area contributed by atoms with Gasteiger partial charge in [0.05, 0.1) is 23.2 Å². The summed E-state index contributed by atoms with van der Waals surface area (Å²) in [4.78, 5) is 10.7. The Morgan fingerprint density at radius 1 is 1.42 bits per heavy atom. The summed E-state index contributed by atoms with van der Waals surface area (Å²) in [7, 11) is -3.92. The number of nitrogens with one attached hydrogen (secondary N) is 1. The van der Waals surface area contributed by atoms with Gasteiger partial charge in [0.15, 0.2) is 0 Å². The van der Waals surface area contributed by atoms with Gasteiger partial charge in [0.1, 0.15) is 0 Å². The van der Waals surface area contributed by atoms with Crippen LogP contribution in [-0.2, 0) is 10.0 Å². The third-order valence-corrected chi connectivity index (χ3v) is 3.89. The highest BCUT2D eigenvalue weighted by atomic mass is 32.2. The highest BCUT2D eigenvalue weighted by molar-refractivity contribution is 7.89. The molecule has 0 aliphatic heterocycles. The fraction of sp³-hybridized carbons (Fsp3) is 0.364. The van der Waals surface area contributed by atoms with Crippen molar-refractivity contribution >= 4 is 16.0 Å². The minimum Gasteiger partial charge on any atom is -0.478 e. The standard InChI is InChI=1S/C11H15NO6S/c1-7-2-3-9(4-10(7)11(15)16)19(17,18)12-5-8(14)6-13/h2-4,8,12-14H,5-6H2,1H3,(H,15,16). The molecule has 8 heteroatoms. The summed E-state index contributed by atoms with van der Waals surface area (Å²) in [5, 5.41) is 26.6. The first-order valence-electron chi connectivity index (χ1n) is 5.40. The fourth-order valence-electron chi connectivity index (χ4n) is 1.35. The van der Waals surface area contributed by atoms with Crippen LogP contribution < -0.4 is 4.72 Å². The molecule has 0 bridgehead atoms. The van der Waals surface area contributed by atoms with Gasteiger partial charge in [-0.3, -0.25) is 0 Å². The fourth-order valence-corrected chi connectivity index (χ4v) is 2.45. The van der Waals surface area contributed by atoms with E-state index in [1.54, 1.807) is 6.92 Å². The Hall–Kier alpha value is -1.48. The van der Waals surface area contributed by atoms with Gasteiger partial charge in [0, 0.05) is 6.54 Å². The first-order valence-corrected chi connectivity index (χ1v) is 6.88. The van der Waals surface area contributed by atoms with Gasteiger partial charge in [-0.25, -0.2) is 17.9 Å². The van der Waals surface area contributed by atoms with Gasteiger partial charge in [0.25, 0.3) is 0 Å². The number of aryl methyl sites for hydroxylation is 1. The van der Waals surface area contributed by atoms with E-state index < -0.39 is 28.7 Å². The summed E-state index contributed by atoms with van der Waals surface area (Å²) in [5.74, 6) is -1.22. The highest BCUT2D eigenvalue weighted by Crippen LogP contribution is 2.15. The Morgan fingerprint density at radius 3 is 2.58 bits per heavy atom. The van der Waals surface area contributed by atoms with E-state index in [2.05, 4.69) is 4.72 Å². The minimum absolute atomic E-state index is 0.106. The number of sulfonamides is 1. The van der Waals surface area contributed by atoms with Gasteiger partial charge in [0.2, 0.25) is 10.0 Å². The van der Waals surface area contributed by atoms with Crippen LogP contribution in [0.2, 0.25) is 0 Å². The van der Waals surface area contributed by atoms with Gasteiger partial charge in [-0.15, -0.1) is 0 Å². The number of carboxylic acids is 1. The number of aliphatic hydroxyl groups is 2. The summed E-state index contributed by atoms with van der Waals surface area (Å²) in [5.41, 5.74) is 0.340. The molecule has 0 fully saturated rings. The summed E-state index contributed by atoms with van der Waals surface area (Å²) >= 11 is 0. The normalized spacial score (nSPS) is 13.2. The summed E-state index contributed by atoms with van der Waals surface area (Å²) in [6, 6.07) is 3.71. The maximum Gasteiger partial charge on any atom is 0.335 e. The molecule has 0 aliphatic carbocycles. The number of carbonyl (C=O) groups is 1. The zero-order valence-corrected chi connectivity index (χ0v) is 11.0. The van der Waals surface area contributed by atoms with Crippen molar-refractivity contribution < 1.29 is 28.5 Å². The van der Waals surface area contributed by atoms with E-state index in [1.165, 1.54) is 12.1 Å². The van der Waals surface area contributed by atoms with E-state index in [4.69, 9.17) is 15.3 Å². The van der Waals surface area contributed by atoms with Gasteiger partial charge >= 0.3 is 5.97 Å². The van der Waals surface area contributed by atoms with Crippen LogP contribution in [0.1, 0.15) is 15.9 Å². The molecule has 0 aliphatic rings. The van der Waals surface area contributed by atoms with E-state index in [0.717, 1.165) is 6.07 Å². The van der Waals surface area contributed by atoms with Crippen molar-refractivity contribution in [2.45, 2.75) is 17.9 Å². The zero-order chi connectivity index (χ0) is 14.6. The number of rotatable bonds is 6. The van der Waals surface area contributed by atoms with Gasteiger partial charge in [-0.1, -0.05) is 6.07 Å². The number of hydrogen-bond acceptors (Lipinski definition) is 5. The molecule has 7 nitrogen and oxygen atoms in total. The van der Waals surface area contributed by atoms with Crippen molar-refractivity contribution in [2.75, 3.05) is 13.2 Å². The number of benzene rings is 1. The molecule has 1 rings (SSSR count). The van der Waals surface area contributed by atoms with Crippen LogP contribution in [0.3, 0.4) is 0 Å². The average Bonchev–Trinajstić information content (AvgIpc) is 2.35. The van der Waals surface area contributed by atoms with E-state index in [-0.39, 0.29) is 17.0 Å². The molecule has 106 valence electrons. The van der Waals surface area contributed by atoms with Crippen molar-refractivity contribution in [1.82, 2.24) is 4.72 Å². The molecule has 0 heterocycles. The summed E-state index contributed by atoms with van der Waals surface area (Å²) in [6.07, 6.45) is -1.21. The number of carboxylic acid groups (broad SMARTS) is 1. The monoisotopic (exact) mass is 289 g/mol. The van der Waals surface area contributed by atoms with Crippen molar-refractivity contribution in [3.05, 3.63) is 29.3 Å². The second-order valence-electron chi connectivity index (χ2n) is 3.97. The molecule has 0 radical (unpaired) electrons. The zero-order valence-electron chi connectivity index (χ0n) is 10.2. The van der Waals surface area contributed by atoms with Crippen LogP contribution in [0, 0.1) is 6.92 Å².